The number of oxime groups is 1. The highest BCUT2D eigenvalue weighted by atomic mass is 16.4. The molecule has 0 unspecified atom stereocenters. The molecular weight excluding hydrogens is 787 g/mol. The van der Waals surface area contributed by atoms with Crippen molar-refractivity contribution in [1.82, 2.24) is 29.7 Å². The molecular formula is C50H67N11O2. The van der Waals surface area contributed by atoms with Gasteiger partial charge in [-0.1, -0.05) is 95.2 Å². The standard InChI is InChI=1S/C25H34N6O.C25H33N5O/c1-25(2,3)19-31(24-10-13-27-23(17-26)28-24)18-21-8-6-20(7-9-21)5-4-14-30-15-11-22(29-32)12-16-30;1-25(2,3)19-30(24-10-13-27-23(17-26)28-24)18-21-8-6-20(7-9-21)5-4-14-29-15-11-22(31)12-16-29/h6-10,13,32H,4-5,11-12,14-16,18-19H2,1-3H3;6-10,13H,4-5,11-12,14-16,18-19H2,1-3H3. The second-order valence-electron chi connectivity index (χ2n) is 19.3. The Morgan fingerprint density at radius 3 is 1.37 bits per heavy atom. The monoisotopic (exact) mass is 854 g/mol. The van der Waals surface area contributed by atoms with E-state index in [0.29, 0.717) is 18.6 Å². The first-order chi connectivity index (χ1) is 30.2. The molecule has 2 aromatic carbocycles. The predicted molar refractivity (Wildman–Crippen MR) is 250 cm³/mol. The molecule has 0 atom stereocenters. The van der Waals surface area contributed by atoms with Gasteiger partial charge in [0.25, 0.3) is 0 Å². The highest BCUT2D eigenvalue weighted by Gasteiger charge is 2.21. The number of aryl methyl sites for hydroxylation is 2. The fourth-order valence-electron chi connectivity index (χ4n) is 7.98. The van der Waals surface area contributed by atoms with E-state index in [1.165, 1.54) is 22.3 Å². The third kappa shape index (κ3) is 17.1. The molecule has 4 heterocycles. The van der Waals surface area contributed by atoms with Gasteiger partial charge in [0.05, 0.1) is 5.71 Å². The maximum Gasteiger partial charge on any atom is 0.234 e. The van der Waals surface area contributed by atoms with Crippen LogP contribution in [-0.2, 0) is 30.7 Å². The van der Waals surface area contributed by atoms with Crippen LogP contribution in [0.25, 0.3) is 0 Å². The van der Waals surface area contributed by atoms with Gasteiger partial charge in [0.2, 0.25) is 11.6 Å². The largest absolute Gasteiger partial charge is 0.411 e. The van der Waals surface area contributed by atoms with E-state index < -0.39 is 0 Å². The van der Waals surface area contributed by atoms with Crippen LogP contribution in [-0.4, -0.2) is 98.8 Å². The molecule has 63 heavy (non-hydrogen) atoms. The highest BCUT2D eigenvalue weighted by molar-refractivity contribution is 5.84. The Labute approximate surface area is 375 Å². The quantitative estimate of drug-likeness (QED) is 0.0850. The topological polar surface area (TPSA) is 162 Å². The summed E-state index contributed by atoms with van der Waals surface area (Å²) in [6, 6.07) is 25.5. The minimum atomic E-state index is 0.0932. The Bertz CT molecular complexity index is 2140. The summed E-state index contributed by atoms with van der Waals surface area (Å²) in [4.78, 5) is 37.5. The minimum absolute atomic E-state index is 0.0932. The fraction of sp³-hybridized carbons (Fsp3) is 0.520. The number of likely N-dealkylation sites (tertiary alicyclic amines) is 2. The normalized spacial score (nSPS) is 14.9. The first-order valence-corrected chi connectivity index (χ1v) is 22.5. The third-order valence-corrected chi connectivity index (χ3v) is 11.1. The average molecular weight is 854 g/mol. The lowest BCUT2D eigenvalue weighted by Crippen LogP contribution is -2.34. The Morgan fingerprint density at radius 2 is 1.00 bits per heavy atom. The molecule has 13 heteroatoms. The van der Waals surface area contributed by atoms with Crippen LogP contribution in [0.1, 0.15) is 114 Å². The SMILES string of the molecule is CC(C)(C)CN(Cc1ccc(CCCN2CCC(=NO)CC2)cc1)c1ccnc(C#N)n1.CC(C)(C)CN(Cc1ccc(CCCN2CCC(=O)CC2)cc1)c1ccnc(C#N)n1. The number of Topliss-reactive ketones (excluding diaryl/α,β-unsaturated/α-hetero) is 1. The highest BCUT2D eigenvalue weighted by Crippen LogP contribution is 2.24. The number of nitriles is 2. The Morgan fingerprint density at radius 1 is 0.619 bits per heavy atom. The van der Waals surface area contributed by atoms with Crippen molar-refractivity contribution in [3.05, 3.63) is 107 Å². The minimum Gasteiger partial charge on any atom is -0.411 e. The molecule has 0 aliphatic carbocycles. The first kappa shape index (κ1) is 48.3. The van der Waals surface area contributed by atoms with Gasteiger partial charge in [0.1, 0.15) is 29.6 Å². The number of rotatable bonds is 16. The first-order valence-electron chi connectivity index (χ1n) is 22.5. The van der Waals surface area contributed by atoms with E-state index in [-0.39, 0.29) is 22.5 Å². The molecule has 1 N–H and O–H groups in total. The zero-order valence-electron chi connectivity index (χ0n) is 38.4. The van der Waals surface area contributed by atoms with Crippen LogP contribution in [0, 0.1) is 33.5 Å². The van der Waals surface area contributed by atoms with E-state index in [9.17, 15) is 4.79 Å². The van der Waals surface area contributed by atoms with E-state index in [1.54, 1.807) is 12.4 Å². The molecule has 2 saturated heterocycles. The van der Waals surface area contributed by atoms with Crippen LogP contribution in [0.2, 0.25) is 0 Å². The molecule has 334 valence electrons. The molecule has 2 fully saturated rings. The van der Waals surface area contributed by atoms with Crippen LogP contribution in [0.3, 0.4) is 0 Å². The van der Waals surface area contributed by atoms with E-state index in [4.69, 9.17) is 15.7 Å². The van der Waals surface area contributed by atoms with E-state index in [0.717, 1.165) is 121 Å². The maximum atomic E-state index is 11.4. The molecule has 0 saturated carbocycles. The molecule has 2 aliphatic heterocycles. The Hall–Kier alpha value is -5.76. The Kier molecular flexibility index (Phi) is 18.1. The second-order valence-corrected chi connectivity index (χ2v) is 19.3. The maximum absolute atomic E-state index is 11.4. The van der Waals surface area contributed by atoms with Crippen LogP contribution >= 0.6 is 0 Å². The van der Waals surface area contributed by atoms with Crippen molar-refractivity contribution in [2.45, 2.75) is 106 Å². The smallest absolute Gasteiger partial charge is 0.234 e. The number of piperidine rings is 2. The van der Waals surface area contributed by atoms with Gasteiger partial charge in [-0.2, -0.15) is 10.5 Å². The average Bonchev–Trinajstić information content (AvgIpc) is 3.27. The van der Waals surface area contributed by atoms with Crippen molar-refractivity contribution in [1.29, 1.82) is 10.5 Å². The third-order valence-electron chi connectivity index (χ3n) is 11.1. The summed E-state index contributed by atoms with van der Waals surface area (Å²) in [5, 5.41) is 30.5. The number of carbonyl (C=O) groups excluding carboxylic acids is 1. The van der Waals surface area contributed by atoms with E-state index in [1.807, 2.05) is 24.3 Å². The molecule has 4 aromatic rings. The van der Waals surface area contributed by atoms with Gasteiger partial charge in [-0.25, -0.2) is 19.9 Å². The van der Waals surface area contributed by atoms with Crippen LogP contribution in [0.4, 0.5) is 11.6 Å². The zero-order valence-corrected chi connectivity index (χ0v) is 38.4. The summed E-state index contributed by atoms with van der Waals surface area (Å²) in [5.74, 6) is 2.37. The summed E-state index contributed by atoms with van der Waals surface area (Å²) in [6.07, 6.45) is 10.8. The lowest BCUT2D eigenvalue weighted by atomic mass is 9.95. The molecule has 0 spiro atoms. The van der Waals surface area contributed by atoms with Crippen LogP contribution in [0.5, 0.6) is 0 Å². The second kappa shape index (κ2) is 23.6. The summed E-state index contributed by atoms with van der Waals surface area (Å²) in [5.41, 5.74) is 6.24. The molecule has 0 amide bonds. The van der Waals surface area contributed by atoms with Crippen molar-refractivity contribution in [2.24, 2.45) is 16.0 Å². The predicted octanol–water partition coefficient (Wildman–Crippen LogP) is 8.26. The number of hydrogen-bond donors (Lipinski definition) is 1. The number of benzene rings is 2. The summed E-state index contributed by atoms with van der Waals surface area (Å²) in [6.45, 7) is 22.3. The molecule has 0 bridgehead atoms. The lowest BCUT2D eigenvalue weighted by molar-refractivity contribution is -0.121. The lowest BCUT2D eigenvalue weighted by Gasteiger charge is -2.31. The zero-order chi connectivity index (χ0) is 45.2. The number of carbonyl (C=O) groups is 1. The van der Waals surface area contributed by atoms with Gasteiger partial charge in [-0.3, -0.25) is 4.79 Å². The number of hydrogen-bond acceptors (Lipinski definition) is 13. The van der Waals surface area contributed by atoms with Crippen molar-refractivity contribution < 1.29 is 10.0 Å². The van der Waals surface area contributed by atoms with Gasteiger partial charge in [-0.05, 0) is 84.0 Å². The number of ketones is 1. The van der Waals surface area contributed by atoms with Gasteiger partial charge >= 0.3 is 0 Å². The summed E-state index contributed by atoms with van der Waals surface area (Å²) in [7, 11) is 0. The summed E-state index contributed by atoms with van der Waals surface area (Å²) >= 11 is 0. The van der Waals surface area contributed by atoms with Crippen molar-refractivity contribution in [3.8, 4) is 12.1 Å². The van der Waals surface area contributed by atoms with Gasteiger partial charge in [0, 0.05) is 90.4 Å². The van der Waals surface area contributed by atoms with Gasteiger partial charge in [0.15, 0.2) is 0 Å². The molecule has 6 rings (SSSR count). The van der Waals surface area contributed by atoms with Crippen molar-refractivity contribution in [2.75, 3.05) is 62.2 Å². The van der Waals surface area contributed by atoms with Gasteiger partial charge in [-0.15, -0.1) is 0 Å². The number of anilines is 2. The van der Waals surface area contributed by atoms with E-state index in [2.05, 4.69) is 135 Å². The van der Waals surface area contributed by atoms with E-state index >= 15 is 0 Å². The van der Waals surface area contributed by atoms with Crippen molar-refractivity contribution >= 4 is 23.1 Å². The van der Waals surface area contributed by atoms with Crippen LogP contribution in [0.15, 0.2) is 78.2 Å². The fourth-order valence-corrected chi connectivity index (χ4v) is 7.98. The number of aromatic nitrogens is 4. The summed E-state index contributed by atoms with van der Waals surface area (Å²) < 4.78 is 0. The van der Waals surface area contributed by atoms with Gasteiger partial charge < -0.3 is 24.8 Å². The molecule has 2 aliphatic rings. The molecule has 0 radical (unpaired) electrons. The van der Waals surface area contributed by atoms with Crippen molar-refractivity contribution in [3.63, 3.8) is 0 Å². The molecule has 2 aromatic heterocycles. The van der Waals surface area contributed by atoms with Crippen LogP contribution < -0.4 is 9.80 Å². The molecule has 13 nitrogen and oxygen atoms in total. The number of nitrogens with zero attached hydrogens (tertiary/aromatic N) is 11. The Balaban J connectivity index is 0.000000238.